The van der Waals surface area contributed by atoms with Crippen LogP contribution in [0, 0.1) is 12.7 Å². The summed E-state index contributed by atoms with van der Waals surface area (Å²) in [6.07, 6.45) is -0.676. The van der Waals surface area contributed by atoms with Gasteiger partial charge in [-0.25, -0.2) is 12.8 Å². The number of morpholine rings is 1. The van der Waals surface area contributed by atoms with E-state index >= 15 is 0 Å². The summed E-state index contributed by atoms with van der Waals surface area (Å²) >= 11 is 0. The van der Waals surface area contributed by atoms with E-state index in [1.807, 2.05) is 6.92 Å². The molecule has 1 heterocycles. The summed E-state index contributed by atoms with van der Waals surface area (Å²) in [4.78, 5) is 0.104. The highest BCUT2D eigenvalue weighted by Gasteiger charge is 2.44. The van der Waals surface area contributed by atoms with Crippen molar-refractivity contribution in [1.82, 2.24) is 4.31 Å². The highest BCUT2D eigenvalue weighted by Crippen LogP contribution is 2.37. The molecular formula is C20H24FNO4S. The van der Waals surface area contributed by atoms with Crippen molar-refractivity contribution >= 4 is 10.0 Å². The zero-order valence-electron chi connectivity index (χ0n) is 15.9. The minimum Gasteiger partial charge on any atom is -0.495 e. The van der Waals surface area contributed by atoms with E-state index in [2.05, 4.69) is 0 Å². The molecule has 0 aromatic heterocycles. The number of hydrogen-bond donors (Lipinski definition) is 0. The van der Waals surface area contributed by atoms with Gasteiger partial charge in [0.2, 0.25) is 10.0 Å². The summed E-state index contributed by atoms with van der Waals surface area (Å²) in [6.45, 7) is 5.59. The van der Waals surface area contributed by atoms with Gasteiger partial charge in [-0.1, -0.05) is 24.3 Å². The Labute approximate surface area is 159 Å². The Morgan fingerprint density at radius 1 is 1.22 bits per heavy atom. The summed E-state index contributed by atoms with van der Waals surface area (Å²) in [5.74, 6) is -0.127. The lowest BCUT2D eigenvalue weighted by atomic mass is 10.0. The molecule has 0 bridgehead atoms. The predicted octanol–water partition coefficient (Wildman–Crippen LogP) is 3.68. The first-order chi connectivity index (χ1) is 12.7. The molecule has 2 aromatic rings. The van der Waals surface area contributed by atoms with Gasteiger partial charge < -0.3 is 9.47 Å². The molecule has 0 saturated carbocycles. The Balaban J connectivity index is 2.04. The number of hydrogen-bond acceptors (Lipinski definition) is 4. The fourth-order valence-electron chi connectivity index (χ4n) is 3.28. The quantitative estimate of drug-likeness (QED) is 0.795. The highest BCUT2D eigenvalue weighted by molar-refractivity contribution is 7.89. The number of methoxy groups -OCH3 is 1. The van der Waals surface area contributed by atoms with Crippen LogP contribution in [0.15, 0.2) is 47.4 Å². The molecule has 1 saturated heterocycles. The molecule has 1 atom stereocenters. The SMILES string of the molecule is COc1ccc(C)cc1S(=O)(=O)N1CC(c2ccccc2F)OCC1(C)C. The van der Waals surface area contributed by atoms with Crippen molar-refractivity contribution in [3.63, 3.8) is 0 Å². The van der Waals surface area contributed by atoms with Crippen LogP contribution in [0.25, 0.3) is 0 Å². The lowest BCUT2D eigenvalue weighted by molar-refractivity contribution is -0.0668. The molecule has 3 rings (SSSR count). The average molecular weight is 393 g/mol. The molecule has 0 amide bonds. The van der Waals surface area contributed by atoms with Gasteiger partial charge in [0.05, 0.1) is 25.4 Å². The Bertz CT molecular complexity index is 943. The van der Waals surface area contributed by atoms with Gasteiger partial charge in [0.15, 0.2) is 0 Å². The highest BCUT2D eigenvalue weighted by atomic mass is 32.2. The fourth-order valence-corrected chi connectivity index (χ4v) is 5.29. The van der Waals surface area contributed by atoms with Crippen LogP contribution in [-0.4, -0.2) is 38.5 Å². The summed E-state index contributed by atoms with van der Waals surface area (Å²) < 4.78 is 53.7. The number of ether oxygens (including phenoxy) is 2. The Kier molecular flexibility index (Phi) is 5.29. The molecule has 146 valence electrons. The van der Waals surface area contributed by atoms with Crippen LogP contribution in [0.3, 0.4) is 0 Å². The van der Waals surface area contributed by atoms with Crippen LogP contribution in [0.4, 0.5) is 4.39 Å². The molecule has 1 fully saturated rings. The molecule has 1 aliphatic heterocycles. The van der Waals surface area contributed by atoms with Crippen LogP contribution < -0.4 is 4.74 Å². The molecule has 7 heteroatoms. The number of aryl methyl sites for hydroxylation is 1. The first-order valence-electron chi connectivity index (χ1n) is 8.70. The minimum absolute atomic E-state index is 0.0212. The van der Waals surface area contributed by atoms with E-state index in [0.29, 0.717) is 5.56 Å². The number of sulfonamides is 1. The largest absolute Gasteiger partial charge is 0.495 e. The van der Waals surface area contributed by atoms with Crippen molar-refractivity contribution in [3.8, 4) is 5.75 Å². The number of halogens is 1. The standard InChI is InChI=1S/C20H24FNO4S/c1-14-9-10-17(25-4)19(11-14)27(23,24)22-12-18(26-13-20(22,2)3)15-7-5-6-8-16(15)21/h5-11,18H,12-13H2,1-4H3. The Morgan fingerprint density at radius 3 is 2.59 bits per heavy atom. The molecule has 1 aliphatic rings. The van der Waals surface area contributed by atoms with E-state index in [9.17, 15) is 12.8 Å². The zero-order valence-corrected chi connectivity index (χ0v) is 16.7. The normalized spacial score (nSPS) is 20.4. The van der Waals surface area contributed by atoms with Crippen LogP contribution in [-0.2, 0) is 14.8 Å². The third kappa shape index (κ3) is 3.72. The van der Waals surface area contributed by atoms with Gasteiger partial charge in [0, 0.05) is 12.1 Å². The summed E-state index contributed by atoms with van der Waals surface area (Å²) in [6, 6.07) is 11.3. The molecule has 1 unspecified atom stereocenters. The summed E-state index contributed by atoms with van der Waals surface area (Å²) in [7, 11) is -2.44. The van der Waals surface area contributed by atoms with E-state index in [-0.39, 0.29) is 23.8 Å². The van der Waals surface area contributed by atoms with E-state index in [1.165, 1.54) is 17.5 Å². The molecule has 0 aliphatic carbocycles. The van der Waals surface area contributed by atoms with E-state index in [0.717, 1.165) is 5.56 Å². The second-order valence-electron chi connectivity index (χ2n) is 7.32. The third-order valence-corrected chi connectivity index (χ3v) is 6.88. The van der Waals surface area contributed by atoms with Gasteiger partial charge in [-0.2, -0.15) is 4.31 Å². The van der Waals surface area contributed by atoms with Crippen LogP contribution in [0.2, 0.25) is 0 Å². The topological polar surface area (TPSA) is 55.8 Å². The maximum absolute atomic E-state index is 14.2. The second-order valence-corrected chi connectivity index (χ2v) is 9.15. The van der Waals surface area contributed by atoms with Crippen LogP contribution in [0.5, 0.6) is 5.75 Å². The van der Waals surface area contributed by atoms with Crippen molar-refractivity contribution in [2.45, 2.75) is 37.3 Å². The van der Waals surface area contributed by atoms with Crippen molar-refractivity contribution < 1.29 is 22.3 Å². The minimum atomic E-state index is -3.88. The maximum atomic E-state index is 14.2. The smallest absolute Gasteiger partial charge is 0.247 e. The van der Waals surface area contributed by atoms with E-state index in [4.69, 9.17) is 9.47 Å². The maximum Gasteiger partial charge on any atom is 0.247 e. The molecule has 27 heavy (non-hydrogen) atoms. The van der Waals surface area contributed by atoms with Crippen LogP contribution in [0.1, 0.15) is 31.1 Å². The first kappa shape index (κ1) is 19.8. The molecule has 2 aromatic carbocycles. The van der Waals surface area contributed by atoms with E-state index < -0.39 is 27.5 Å². The van der Waals surface area contributed by atoms with Crippen molar-refractivity contribution in [2.75, 3.05) is 20.3 Å². The second kappa shape index (κ2) is 7.22. The van der Waals surface area contributed by atoms with Crippen molar-refractivity contribution in [1.29, 1.82) is 0 Å². The number of rotatable bonds is 4. The lowest BCUT2D eigenvalue weighted by Gasteiger charge is -2.44. The molecule has 0 N–H and O–H groups in total. The molecule has 0 radical (unpaired) electrons. The Hall–Kier alpha value is -1.96. The number of benzene rings is 2. The van der Waals surface area contributed by atoms with Gasteiger partial charge in [-0.3, -0.25) is 0 Å². The molecule has 0 spiro atoms. The average Bonchev–Trinajstić information content (AvgIpc) is 2.62. The van der Waals surface area contributed by atoms with Gasteiger partial charge >= 0.3 is 0 Å². The van der Waals surface area contributed by atoms with Crippen molar-refractivity contribution in [3.05, 3.63) is 59.4 Å². The van der Waals surface area contributed by atoms with E-state index in [1.54, 1.807) is 50.2 Å². The molecular weight excluding hydrogens is 369 g/mol. The van der Waals surface area contributed by atoms with Gasteiger partial charge in [-0.05, 0) is 44.5 Å². The van der Waals surface area contributed by atoms with Crippen LogP contribution >= 0.6 is 0 Å². The molecule has 5 nitrogen and oxygen atoms in total. The van der Waals surface area contributed by atoms with Gasteiger partial charge in [0.25, 0.3) is 0 Å². The predicted molar refractivity (Wildman–Crippen MR) is 101 cm³/mol. The number of nitrogens with zero attached hydrogens (tertiary/aromatic N) is 1. The van der Waals surface area contributed by atoms with Crippen molar-refractivity contribution in [2.24, 2.45) is 0 Å². The van der Waals surface area contributed by atoms with Gasteiger partial charge in [0.1, 0.15) is 16.5 Å². The summed E-state index contributed by atoms with van der Waals surface area (Å²) in [5, 5.41) is 0. The fraction of sp³-hybridized carbons (Fsp3) is 0.400. The third-order valence-electron chi connectivity index (χ3n) is 4.78. The monoisotopic (exact) mass is 393 g/mol. The first-order valence-corrected chi connectivity index (χ1v) is 10.1. The lowest BCUT2D eigenvalue weighted by Crippen LogP contribution is -2.56. The zero-order chi connectivity index (χ0) is 19.8. The van der Waals surface area contributed by atoms with Gasteiger partial charge in [-0.15, -0.1) is 0 Å². The summed E-state index contributed by atoms with van der Waals surface area (Å²) in [5.41, 5.74) is 0.380. The Morgan fingerprint density at radius 2 is 1.93 bits per heavy atom.